The van der Waals surface area contributed by atoms with Gasteiger partial charge in [-0.05, 0) is 43.7 Å². The Morgan fingerprint density at radius 2 is 2.10 bits per heavy atom. The standard InChI is InChI=1S/C20H21F3N6O2/c1-12-13(10-24-29(12)18-25-16(30)14-4-2-8-28(14)26-18)17(31)27-9-5-15(20(21,22)23)19(11-27)6-3-7-19/h2,4,8,10,15H,3,5-7,9,11H2,1H3,(H,25,26,30). The minimum atomic E-state index is -4.25. The number of aromatic nitrogens is 5. The van der Waals surface area contributed by atoms with Crippen LogP contribution in [0.3, 0.4) is 0 Å². The van der Waals surface area contributed by atoms with E-state index in [9.17, 15) is 22.8 Å². The monoisotopic (exact) mass is 434 g/mol. The second-order valence-corrected chi connectivity index (χ2v) is 8.50. The summed E-state index contributed by atoms with van der Waals surface area (Å²) in [6.45, 7) is 1.83. The van der Waals surface area contributed by atoms with Crippen LogP contribution in [0.25, 0.3) is 11.5 Å². The lowest BCUT2D eigenvalue weighted by Gasteiger charge is -2.54. The molecular formula is C20H21F3N6O2. The van der Waals surface area contributed by atoms with Crippen molar-refractivity contribution in [1.82, 2.24) is 29.3 Å². The molecule has 0 aromatic carbocycles. The summed E-state index contributed by atoms with van der Waals surface area (Å²) in [6, 6.07) is 3.31. The molecule has 2 fully saturated rings. The van der Waals surface area contributed by atoms with E-state index in [4.69, 9.17) is 0 Å². The fraction of sp³-hybridized carbons (Fsp3) is 0.500. The van der Waals surface area contributed by atoms with E-state index in [1.807, 2.05) is 0 Å². The summed E-state index contributed by atoms with van der Waals surface area (Å²) in [7, 11) is 0. The zero-order valence-electron chi connectivity index (χ0n) is 16.8. The Morgan fingerprint density at radius 3 is 2.77 bits per heavy atom. The van der Waals surface area contributed by atoms with Crippen LogP contribution in [-0.2, 0) is 0 Å². The third kappa shape index (κ3) is 3.05. The number of fused-ring (bicyclic) bond motifs is 1. The van der Waals surface area contributed by atoms with Gasteiger partial charge in [0.15, 0.2) is 0 Å². The lowest BCUT2D eigenvalue weighted by Crippen LogP contribution is -2.57. The number of hydrogen-bond donors (Lipinski definition) is 1. The molecule has 1 atom stereocenters. The number of nitrogens with one attached hydrogen (secondary N) is 1. The number of H-pyrrole nitrogens is 1. The van der Waals surface area contributed by atoms with Crippen molar-refractivity contribution in [3.8, 4) is 5.95 Å². The van der Waals surface area contributed by atoms with Crippen LogP contribution in [0.2, 0.25) is 0 Å². The van der Waals surface area contributed by atoms with Crippen molar-refractivity contribution in [1.29, 1.82) is 0 Å². The van der Waals surface area contributed by atoms with Gasteiger partial charge in [-0.3, -0.25) is 14.6 Å². The van der Waals surface area contributed by atoms with Gasteiger partial charge in [0, 0.05) is 19.3 Å². The molecule has 0 radical (unpaired) electrons. The van der Waals surface area contributed by atoms with Gasteiger partial charge in [-0.25, -0.2) is 9.20 Å². The molecule has 1 spiro atoms. The Balaban J connectivity index is 1.43. The Morgan fingerprint density at radius 1 is 1.32 bits per heavy atom. The Hall–Kier alpha value is -3.11. The maximum atomic E-state index is 13.5. The van der Waals surface area contributed by atoms with Crippen molar-refractivity contribution in [2.75, 3.05) is 13.1 Å². The summed E-state index contributed by atoms with van der Waals surface area (Å²) in [5.41, 5.74) is -0.0972. The predicted octanol–water partition coefficient (Wildman–Crippen LogP) is 2.71. The average Bonchev–Trinajstić information content (AvgIpc) is 3.31. The van der Waals surface area contributed by atoms with Gasteiger partial charge < -0.3 is 4.90 Å². The Labute approximate surface area is 174 Å². The summed E-state index contributed by atoms with van der Waals surface area (Å²) < 4.78 is 43.4. The molecule has 0 bridgehead atoms. The maximum Gasteiger partial charge on any atom is 0.392 e. The molecular weight excluding hydrogens is 413 g/mol. The number of piperidine rings is 1. The SMILES string of the molecule is Cc1c(C(=O)N2CCC(C(F)(F)F)C3(CCC3)C2)cnn1-c1nn2cccc2c(=O)[nH]1. The zero-order chi connectivity index (χ0) is 22.0. The molecule has 1 saturated heterocycles. The number of carbonyl (C=O) groups excluding carboxylic acids is 1. The number of aromatic amines is 1. The molecule has 1 N–H and O–H groups in total. The average molecular weight is 434 g/mol. The second kappa shape index (κ2) is 6.69. The minimum absolute atomic E-state index is 0.0553. The second-order valence-electron chi connectivity index (χ2n) is 8.50. The molecule has 3 aromatic rings. The van der Waals surface area contributed by atoms with E-state index in [0.29, 0.717) is 24.1 Å². The fourth-order valence-corrected chi connectivity index (χ4v) is 5.01. The van der Waals surface area contributed by atoms with E-state index in [1.54, 1.807) is 25.3 Å². The van der Waals surface area contributed by atoms with Crippen LogP contribution in [-0.4, -0.2) is 54.5 Å². The number of hydrogen-bond acceptors (Lipinski definition) is 4. The first-order valence-corrected chi connectivity index (χ1v) is 10.2. The summed E-state index contributed by atoms with van der Waals surface area (Å²) >= 11 is 0. The number of halogens is 3. The molecule has 4 heterocycles. The lowest BCUT2D eigenvalue weighted by atomic mass is 9.58. The molecule has 2 aliphatic rings. The third-order valence-electron chi connectivity index (χ3n) is 6.79. The van der Waals surface area contributed by atoms with Gasteiger partial charge in [0.05, 0.1) is 23.4 Å². The molecule has 8 nitrogen and oxygen atoms in total. The van der Waals surface area contributed by atoms with E-state index in [-0.39, 0.29) is 42.5 Å². The van der Waals surface area contributed by atoms with Gasteiger partial charge in [-0.2, -0.15) is 18.3 Å². The van der Waals surface area contributed by atoms with Crippen LogP contribution in [0, 0.1) is 18.3 Å². The van der Waals surface area contributed by atoms with E-state index < -0.39 is 17.5 Å². The topological polar surface area (TPSA) is 88.3 Å². The van der Waals surface area contributed by atoms with Crippen molar-refractivity contribution in [2.45, 2.75) is 38.8 Å². The number of alkyl halides is 3. The first-order chi connectivity index (χ1) is 14.7. The van der Waals surface area contributed by atoms with Crippen molar-refractivity contribution in [3.05, 3.63) is 46.1 Å². The first kappa shape index (κ1) is 19.8. The molecule has 1 aliphatic heterocycles. The Bertz CT molecular complexity index is 1220. The number of carbonyl (C=O) groups is 1. The highest BCUT2D eigenvalue weighted by molar-refractivity contribution is 5.95. The van der Waals surface area contributed by atoms with Crippen molar-refractivity contribution >= 4 is 11.4 Å². The number of likely N-dealkylation sites (tertiary alicyclic amines) is 1. The van der Waals surface area contributed by atoms with Crippen LogP contribution >= 0.6 is 0 Å². The van der Waals surface area contributed by atoms with Gasteiger partial charge in [0.25, 0.3) is 11.5 Å². The van der Waals surface area contributed by atoms with Gasteiger partial charge in [-0.15, -0.1) is 5.10 Å². The van der Waals surface area contributed by atoms with Crippen molar-refractivity contribution in [3.63, 3.8) is 0 Å². The van der Waals surface area contributed by atoms with E-state index in [1.165, 1.54) is 20.3 Å². The number of nitrogens with zero attached hydrogens (tertiary/aromatic N) is 5. The Kier molecular flexibility index (Phi) is 4.28. The summed E-state index contributed by atoms with van der Waals surface area (Å²) in [5, 5.41) is 8.51. The quantitative estimate of drug-likeness (QED) is 0.672. The normalized spacial score (nSPS) is 20.9. The first-order valence-electron chi connectivity index (χ1n) is 10.2. The van der Waals surface area contributed by atoms with E-state index in [0.717, 1.165) is 6.42 Å². The summed E-state index contributed by atoms with van der Waals surface area (Å²) in [4.78, 5) is 29.6. The molecule has 5 rings (SSSR count). The maximum absolute atomic E-state index is 13.5. The van der Waals surface area contributed by atoms with E-state index >= 15 is 0 Å². The highest BCUT2D eigenvalue weighted by Gasteiger charge is 2.58. The molecule has 1 unspecified atom stereocenters. The largest absolute Gasteiger partial charge is 0.392 e. The third-order valence-corrected chi connectivity index (χ3v) is 6.79. The molecule has 1 aliphatic carbocycles. The predicted molar refractivity (Wildman–Crippen MR) is 104 cm³/mol. The van der Waals surface area contributed by atoms with Crippen LogP contribution in [0.4, 0.5) is 13.2 Å². The van der Waals surface area contributed by atoms with Crippen LogP contribution < -0.4 is 5.56 Å². The molecule has 164 valence electrons. The van der Waals surface area contributed by atoms with Crippen LogP contribution in [0.1, 0.15) is 41.7 Å². The van der Waals surface area contributed by atoms with Gasteiger partial charge in [-0.1, -0.05) is 6.42 Å². The van der Waals surface area contributed by atoms with Crippen LogP contribution in [0.5, 0.6) is 0 Å². The number of rotatable bonds is 2. The van der Waals surface area contributed by atoms with Crippen LogP contribution in [0.15, 0.2) is 29.3 Å². The van der Waals surface area contributed by atoms with Gasteiger partial charge >= 0.3 is 6.18 Å². The fourth-order valence-electron chi connectivity index (χ4n) is 5.01. The summed E-state index contributed by atoms with van der Waals surface area (Å²) in [6.07, 6.45) is 0.407. The zero-order valence-corrected chi connectivity index (χ0v) is 16.8. The lowest BCUT2D eigenvalue weighted by molar-refractivity contribution is -0.235. The highest BCUT2D eigenvalue weighted by atomic mass is 19.4. The molecule has 31 heavy (non-hydrogen) atoms. The molecule has 1 saturated carbocycles. The van der Waals surface area contributed by atoms with Gasteiger partial charge in [0.2, 0.25) is 5.95 Å². The smallest absolute Gasteiger partial charge is 0.338 e. The minimum Gasteiger partial charge on any atom is -0.338 e. The molecule has 3 aromatic heterocycles. The molecule has 11 heteroatoms. The van der Waals surface area contributed by atoms with Gasteiger partial charge in [0.1, 0.15) is 5.52 Å². The summed E-state index contributed by atoms with van der Waals surface area (Å²) in [5.74, 6) is -1.55. The van der Waals surface area contributed by atoms with Crippen molar-refractivity contribution < 1.29 is 18.0 Å². The number of amides is 1. The molecule has 1 amide bonds. The van der Waals surface area contributed by atoms with E-state index in [2.05, 4.69) is 15.2 Å². The van der Waals surface area contributed by atoms with Crippen molar-refractivity contribution in [2.24, 2.45) is 11.3 Å². The highest BCUT2D eigenvalue weighted by Crippen LogP contribution is 2.56.